The molecule has 1 N–H and O–H groups in total. The molecule has 0 saturated heterocycles. The second kappa shape index (κ2) is 10.0. The van der Waals surface area contributed by atoms with Crippen LogP contribution in [0.25, 0.3) is 6.08 Å². The number of carbonyl (C=O) groups excluding carboxylic acids is 2. The lowest BCUT2D eigenvalue weighted by Gasteiger charge is -2.34. The summed E-state index contributed by atoms with van der Waals surface area (Å²) in [7, 11) is 0. The van der Waals surface area contributed by atoms with Gasteiger partial charge in [-0.25, -0.2) is 4.79 Å². The fourth-order valence-electron chi connectivity index (χ4n) is 4.73. The van der Waals surface area contributed by atoms with Crippen LogP contribution in [-0.2, 0) is 16.0 Å². The number of allylic oxidation sites excluding steroid dienone is 3. The summed E-state index contributed by atoms with van der Waals surface area (Å²) in [5.41, 5.74) is 3.17. The summed E-state index contributed by atoms with van der Waals surface area (Å²) < 4.78 is 1.67. The van der Waals surface area contributed by atoms with Crippen LogP contribution in [0.1, 0.15) is 51.2 Å². The van der Waals surface area contributed by atoms with Gasteiger partial charge in [-0.05, 0) is 41.9 Å². The predicted molar refractivity (Wildman–Crippen MR) is 133 cm³/mol. The van der Waals surface area contributed by atoms with E-state index in [0.717, 1.165) is 30.5 Å². The van der Waals surface area contributed by atoms with Crippen LogP contribution in [-0.4, -0.2) is 39.9 Å². The highest BCUT2D eigenvalue weighted by atomic mass is 32.2. The maximum atomic E-state index is 13.4. The Balaban J connectivity index is 1.56. The largest absolute Gasteiger partial charge is 0.426 e. The number of nitrogens with zero attached hydrogens (tertiary/aromatic N) is 1. The van der Waals surface area contributed by atoms with Crippen molar-refractivity contribution < 1.29 is 14.2 Å². The molecule has 0 bridgehead atoms. The molecule has 1 aromatic rings. The van der Waals surface area contributed by atoms with E-state index in [0.29, 0.717) is 16.7 Å². The van der Waals surface area contributed by atoms with Gasteiger partial charge in [-0.2, -0.15) is 0 Å². The molecule has 1 aromatic carbocycles. The SMILES string of the molecule is CCc1ccc(/C=C2/SC3C=CC=CC3=[N+](CC(=O)NC3CCCC(C)C3C)C2=O)cc1. The van der Waals surface area contributed by atoms with E-state index in [1.807, 2.05) is 24.3 Å². The zero-order valence-electron chi connectivity index (χ0n) is 19.2. The van der Waals surface area contributed by atoms with Crippen LogP contribution in [0.3, 0.4) is 0 Å². The normalized spacial score (nSPS) is 28.7. The summed E-state index contributed by atoms with van der Waals surface area (Å²) in [6.45, 7) is 6.68. The standard InChI is InChI=1S/C27H32N2O2S/c1-4-20-12-14-21(15-13-20)16-25-27(31)29(23-10-5-6-11-24(23)32-25)17-26(30)28-22-9-7-8-18(2)19(22)3/h5-6,10-16,18-19,22,24H,4,7-9,17H2,1-3H3/p+1/b25-16+. The molecule has 4 nitrogen and oxygen atoms in total. The molecule has 3 aliphatic rings. The van der Waals surface area contributed by atoms with Gasteiger partial charge in [0.05, 0.1) is 0 Å². The Labute approximate surface area is 195 Å². The van der Waals surface area contributed by atoms with Crippen LogP contribution in [0.5, 0.6) is 0 Å². The number of aryl methyl sites for hydroxylation is 1. The van der Waals surface area contributed by atoms with Crippen molar-refractivity contribution in [3.63, 3.8) is 0 Å². The average molecular weight is 450 g/mol. The summed E-state index contributed by atoms with van der Waals surface area (Å²) in [6.07, 6.45) is 14.3. The number of rotatable bonds is 5. The number of hydrogen-bond acceptors (Lipinski definition) is 3. The molecule has 4 unspecified atom stereocenters. The van der Waals surface area contributed by atoms with E-state index in [2.05, 4.69) is 56.4 Å². The van der Waals surface area contributed by atoms with Crippen molar-refractivity contribution >= 4 is 35.4 Å². The molecule has 1 heterocycles. The minimum Gasteiger partial charge on any atom is -0.348 e. The number of fused-ring (bicyclic) bond motifs is 1. The van der Waals surface area contributed by atoms with E-state index < -0.39 is 0 Å². The van der Waals surface area contributed by atoms with E-state index in [4.69, 9.17) is 0 Å². The molecule has 4 rings (SSSR count). The van der Waals surface area contributed by atoms with Crippen molar-refractivity contribution in [3.05, 3.63) is 64.6 Å². The van der Waals surface area contributed by atoms with Crippen molar-refractivity contribution in [3.8, 4) is 0 Å². The van der Waals surface area contributed by atoms with Crippen molar-refractivity contribution in [2.75, 3.05) is 6.54 Å². The van der Waals surface area contributed by atoms with E-state index in [-0.39, 0.29) is 29.7 Å². The Morgan fingerprint density at radius 1 is 1.19 bits per heavy atom. The van der Waals surface area contributed by atoms with Gasteiger partial charge in [0.25, 0.3) is 5.91 Å². The summed E-state index contributed by atoms with van der Waals surface area (Å²) in [5.74, 6) is 0.902. The highest BCUT2D eigenvalue weighted by Crippen LogP contribution is 2.33. The van der Waals surface area contributed by atoms with Crippen LogP contribution in [0, 0.1) is 11.8 Å². The molecular formula is C27H33N2O2S+. The third-order valence-electron chi connectivity index (χ3n) is 7.02. The van der Waals surface area contributed by atoms with Gasteiger partial charge in [0, 0.05) is 12.1 Å². The number of hydrogen-bond donors (Lipinski definition) is 1. The van der Waals surface area contributed by atoms with E-state index in [9.17, 15) is 9.59 Å². The van der Waals surface area contributed by atoms with Gasteiger partial charge in [0.1, 0.15) is 10.2 Å². The molecule has 168 valence electrons. The molecule has 1 aliphatic heterocycles. The van der Waals surface area contributed by atoms with Gasteiger partial charge < -0.3 is 5.32 Å². The van der Waals surface area contributed by atoms with E-state index >= 15 is 0 Å². The molecule has 0 aromatic heterocycles. The first-order chi connectivity index (χ1) is 15.5. The fourth-order valence-corrected chi connectivity index (χ4v) is 5.92. The monoisotopic (exact) mass is 449 g/mol. The van der Waals surface area contributed by atoms with Crippen LogP contribution in [0.4, 0.5) is 0 Å². The van der Waals surface area contributed by atoms with Crippen molar-refractivity contribution in [2.45, 2.75) is 57.7 Å². The zero-order chi connectivity index (χ0) is 22.7. The lowest BCUT2D eigenvalue weighted by atomic mass is 9.78. The first-order valence-corrected chi connectivity index (χ1v) is 12.6. The number of nitrogens with one attached hydrogen (secondary N) is 1. The molecular weight excluding hydrogens is 416 g/mol. The van der Waals surface area contributed by atoms with Crippen LogP contribution >= 0.6 is 11.8 Å². The Morgan fingerprint density at radius 3 is 2.72 bits per heavy atom. The third-order valence-corrected chi connectivity index (χ3v) is 8.22. The fraction of sp³-hybridized carbons (Fsp3) is 0.444. The number of amides is 2. The second-order valence-corrected chi connectivity index (χ2v) is 10.3. The quantitative estimate of drug-likeness (QED) is 0.521. The summed E-state index contributed by atoms with van der Waals surface area (Å²) >= 11 is 1.56. The number of thioether (sulfide) groups is 1. The van der Waals surface area contributed by atoms with Crippen molar-refractivity contribution in [1.29, 1.82) is 0 Å². The topological polar surface area (TPSA) is 49.2 Å². The van der Waals surface area contributed by atoms with Crippen LogP contribution < -0.4 is 5.32 Å². The summed E-state index contributed by atoms with van der Waals surface area (Å²) in [6, 6.07) is 8.50. The average Bonchev–Trinajstić information content (AvgIpc) is 2.80. The highest BCUT2D eigenvalue weighted by molar-refractivity contribution is 8.05. The Morgan fingerprint density at radius 2 is 1.97 bits per heavy atom. The highest BCUT2D eigenvalue weighted by Gasteiger charge is 2.40. The lowest BCUT2D eigenvalue weighted by Crippen LogP contribution is -2.48. The van der Waals surface area contributed by atoms with Crippen LogP contribution in [0.15, 0.2) is 53.5 Å². The third kappa shape index (κ3) is 4.98. The molecule has 4 atom stereocenters. The van der Waals surface area contributed by atoms with Crippen LogP contribution in [0.2, 0.25) is 0 Å². The zero-order valence-corrected chi connectivity index (χ0v) is 20.0. The number of carbonyl (C=O) groups is 2. The minimum absolute atomic E-state index is 0.0419. The maximum Gasteiger partial charge on any atom is 0.426 e. The van der Waals surface area contributed by atoms with Gasteiger partial charge in [-0.1, -0.05) is 87.9 Å². The molecule has 1 saturated carbocycles. The molecule has 0 radical (unpaired) electrons. The van der Waals surface area contributed by atoms with E-state index in [1.165, 1.54) is 12.0 Å². The maximum absolute atomic E-state index is 13.4. The predicted octanol–water partition coefficient (Wildman–Crippen LogP) is 4.75. The Bertz CT molecular complexity index is 1000. The van der Waals surface area contributed by atoms with Gasteiger partial charge in [-0.3, -0.25) is 4.79 Å². The van der Waals surface area contributed by atoms with Gasteiger partial charge >= 0.3 is 5.91 Å². The molecule has 1 fully saturated rings. The first kappa shape index (κ1) is 22.8. The Hall–Kier alpha value is -2.40. The van der Waals surface area contributed by atoms with E-state index in [1.54, 1.807) is 16.3 Å². The smallest absolute Gasteiger partial charge is 0.348 e. The summed E-state index contributed by atoms with van der Waals surface area (Å²) in [5, 5.41) is 3.27. The molecule has 2 amide bonds. The minimum atomic E-state index is -0.0963. The molecule has 32 heavy (non-hydrogen) atoms. The second-order valence-electron chi connectivity index (χ2n) is 9.14. The Kier molecular flexibility index (Phi) is 7.14. The molecule has 0 spiro atoms. The first-order valence-electron chi connectivity index (χ1n) is 11.8. The molecule has 2 aliphatic carbocycles. The van der Waals surface area contributed by atoms with Gasteiger partial charge in [0.15, 0.2) is 0 Å². The molecule has 5 heteroatoms. The van der Waals surface area contributed by atoms with Crippen molar-refractivity contribution in [1.82, 2.24) is 5.32 Å². The van der Waals surface area contributed by atoms with Gasteiger partial charge in [0.2, 0.25) is 12.3 Å². The summed E-state index contributed by atoms with van der Waals surface area (Å²) in [4.78, 5) is 27.1. The lowest BCUT2D eigenvalue weighted by molar-refractivity contribution is -0.434. The van der Waals surface area contributed by atoms with Crippen molar-refractivity contribution in [2.24, 2.45) is 11.8 Å². The number of benzene rings is 1. The van der Waals surface area contributed by atoms with Gasteiger partial charge in [-0.15, -0.1) is 4.58 Å².